The van der Waals surface area contributed by atoms with Gasteiger partial charge in [-0.25, -0.2) is 4.79 Å². The van der Waals surface area contributed by atoms with Gasteiger partial charge in [0.15, 0.2) is 0 Å². The quantitative estimate of drug-likeness (QED) is 0.935. The molecule has 2 aromatic rings. The monoisotopic (exact) mass is 286 g/mol. The lowest BCUT2D eigenvalue weighted by atomic mass is 10.1. The molecule has 0 amide bonds. The summed E-state index contributed by atoms with van der Waals surface area (Å²) >= 11 is 0. The molecule has 4 heteroatoms. The van der Waals surface area contributed by atoms with Gasteiger partial charge in [-0.2, -0.15) is 0 Å². The van der Waals surface area contributed by atoms with Crippen molar-refractivity contribution in [2.75, 3.05) is 13.1 Å². The van der Waals surface area contributed by atoms with E-state index in [0.717, 1.165) is 30.5 Å². The number of carbonyl (C=O) groups is 1. The molecular weight excluding hydrogens is 264 g/mol. The highest BCUT2D eigenvalue weighted by Crippen LogP contribution is 2.28. The molecule has 1 aromatic carbocycles. The summed E-state index contributed by atoms with van der Waals surface area (Å²) in [5.74, 6) is -0.860. The van der Waals surface area contributed by atoms with Crippen LogP contribution < -0.4 is 0 Å². The summed E-state index contributed by atoms with van der Waals surface area (Å²) in [6.07, 6.45) is 4.73. The molecule has 21 heavy (non-hydrogen) atoms. The molecule has 0 aliphatic carbocycles. The van der Waals surface area contributed by atoms with Gasteiger partial charge in [-0.05, 0) is 63.5 Å². The van der Waals surface area contributed by atoms with Crippen LogP contribution in [-0.4, -0.2) is 33.6 Å². The lowest BCUT2D eigenvalue weighted by Gasteiger charge is -2.13. The summed E-state index contributed by atoms with van der Waals surface area (Å²) in [6, 6.07) is 5.83. The molecule has 4 nitrogen and oxygen atoms in total. The van der Waals surface area contributed by atoms with Crippen molar-refractivity contribution in [2.24, 2.45) is 0 Å². The largest absolute Gasteiger partial charge is 0.478 e. The molecule has 3 rings (SSSR count). The predicted octanol–water partition coefficient (Wildman–Crippen LogP) is 3.52. The van der Waals surface area contributed by atoms with E-state index in [2.05, 4.69) is 29.5 Å². The third kappa shape index (κ3) is 2.68. The van der Waals surface area contributed by atoms with E-state index in [9.17, 15) is 9.90 Å². The average Bonchev–Trinajstić information content (AvgIpc) is 3.07. The van der Waals surface area contributed by atoms with Crippen LogP contribution in [0.4, 0.5) is 0 Å². The second-order valence-electron chi connectivity index (χ2n) is 6.18. The normalized spacial score (nSPS) is 16.1. The Labute approximate surface area is 125 Å². The molecule has 0 spiro atoms. The van der Waals surface area contributed by atoms with E-state index in [1.54, 1.807) is 6.07 Å². The van der Waals surface area contributed by atoms with Crippen LogP contribution in [0.25, 0.3) is 10.9 Å². The number of rotatable bonds is 4. The van der Waals surface area contributed by atoms with Crippen LogP contribution in [0.5, 0.6) is 0 Å². The first-order valence-electron chi connectivity index (χ1n) is 7.65. The van der Waals surface area contributed by atoms with Gasteiger partial charge in [0.25, 0.3) is 0 Å². The van der Waals surface area contributed by atoms with Crippen LogP contribution in [0.3, 0.4) is 0 Å². The molecule has 0 bridgehead atoms. The summed E-state index contributed by atoms with van der Waals surface area (Å²) in [6.45, 7) is 7.52. The molecule has 1 N–H and O–H groups in total. The van der Waals surface area contributed by atoms with Crippen molar-refractivity contribution in [2.45, 2.75) is 39.3 Å². The lowest BCUT2D eigenvalue weighted by molar-refractivity contribution is 0.0697. The van der Waals surface area contributed by atoms with E-state index >= 15 is 0 Å². The van der Waals surface area contributed by atoms with Gasteiger partial charge in [-0.15, -0.1) is 0 Å². The lowest BCUT2D eigenvalue weighted by Crippen LogP contribution is -2.18. The minimum absolute atomic E-state index is 0.367. The highest BCUT2D eigenvalue weighted by molar-refractivity contribution is 5.95. The van der Waals surface area contributed by atoms with Crippen LogP contribution >= 0.6 is 0 Å². The van der Waals surface area contributed by atoms with E-state index in [-0.39, 0.29) is 0 Å². The van der Waals surface area contributed by atoms with Crippen LogP contribution in [0.2, 0.25) is 0 Å². The number of carboxylic acids is 1. The number of aromatic carboxylic acids is 1. The highest BCUT2D eigenvalue weighted by atomic mass is 16.4. The molecule has 1 aliphatic rings. The Balaban J connectivity index is 2.07. The van der Waals surface area contributed by atoms with E-state index in [4.69, 9.17) is 0 Å². The fraction of sp³-hybridized carbons (Fsp3) is 0.471. The van der Waals surface area contributed by atoms with Crippen molar-refractivity contribution in [1.29, 1.82) is 0 Å². The zero-order valence-electron chi connectivity index (χ0n) is 12.7. The number of carboxylic acid groups (broad SMARTS) is 1. The number of hydrogen-bond acceptors (Lipinski definition) is 2. The molecule has 1 saturated heterocycles. The van der Waals surface area contributed by atoms with Crippen LogP contribution in [0.1, 0.15) is 48.7 Å². The van der Waals surface area contributed by atoms with Gasteiger partial charge >= 0.3 is 5.97 Å². The molecule has 1 aliphatic heterocycles. The Morgan fingerprint density at radius 2 is 2.00 bits per heavy atom. The van der Waals surface area contributed by atoms with E-state index in [0.29, 0.717) is 11.6 Å². The van der Waals surface area contributed by atoms with Gasteiger partial charge in [0.1, 0.15) is 0 Å². The van der Waals surface area contributed by atoms with Crippen LogP contribution in [0.15, 0.2) is 24.4 Å². The molecule has 1 aromatic heterocycles. The van der Waals surface area contributed by atoms with Crippen molar-refractivity contribution < 1.29 is 9.90 Å². The summed E-state index contributed by atoms with van der Waals surface area (Å²) in [7, 11) is 0. The second kappa shape index (κ2) is 5.53. The first-order valence-corrected chi connectivity index (χ1v) is 7.65. The third-order valence-electron chi connectivity index (χ3n) is 4.31. The van der Waals surface area contributed by atoms with Crippen molar-refractivity contribution >= 4 is 16.9 Å². The van der Waals surface area contributed by atoms with Gasteiger partial charge in [0, 0.05) is 29.7 Å². The van der Waals surface area contributed by atoms with Gasteiger partial charge in [-0.1, -0.05) is 0 Å². The van der Waals surface area contributed by atoms with Crippen molar-refractivity contribution in [3.05, 3.63) is 35.5 Å². The van der Waals surface area contributed by atoms with Crippen molar-refractivity contribution in [3.8, 4) is 0 Å². The third-order valence-corrected chi connectivity index (χ3v) is 4.31. The SMILES string of the molecule is CC(C)n1cc(CN2CCCC2)c2cc(C(=O)O)ccc21. The zero-order chi connectivity index (χ0) is 15.0. The number of benzene rings is 1. The number of fused-ring (bicyclic) bond motifs is 1. The molecule has 0 atom stereocenters. The average molecular weight is 286 g/mol. The van der Waals surface area contributed by atoms with Gasteiger partial charge in [0.2, 0.25) is 0 Å². The molecule has 0 radical (unpaired) electrons. The zero-order valence-corrected chi connectivity index (χ0v) is 12.7. The smallest absolute Gasteiger partial charge is 0.335 e. The fourth-order valence-electron chi connectivity index (χ4n) is 3.19. The number of likely N-dealkylation sites (tertiary alicyclic amines) is 1. The minimum Gasteiger partial charge on any atom is -0.478 e. The Bertz CT molecular complexity index is 667. The van der Waals surface area contributed by atoms with E-state index < -0.39 is 5.97 Å². The summed E-state index contributed by atoms with van der Waals surface area (Å²) in [5, 5.41) is 10.3. The topological polar surface area (TPSA) is 45.5 Å². The number of nitrogens with zero attached hydrogens (tertiary/aromatic N) is 2. The van der Waals surface area contributed by atoms with Gasteiger partial charge in [0.05, 0.1) is 5.56 Å². The van der Waals surface area contributed by atoms with Crippen molar-refractivity contribution in [3.63, 3.8) is 0 Å². The molecule has 112 valence electrons. The first kappa shape index (κ1) is 14.1. The Hall–Kier alpha value is -1.81. The van der Waals surface area contributed by atoms with Crippen LogP contribution in [-0.2, 0) is 6.54 Å². The minimum atomic E-state index is -0.860. The molecule has 2 heterocycles. The Morgan fingerprint density at radius 3 is 2.62 bits per heavy atom. The molecule has 0 saturated carbocycles. The summed E-state index contributed by atoms with van der Waals surface area (Å²) < 4.78 is 2.24. The maximum Gasteiger partial charge on any atom is 0.335 e. The predicted molar refractivity (Wildman–Crippen MR) is 83.8 cm³/mol. The second-order valence-corrected chi connectivity index (χ2v) is 6.18. The molecule has 0 unspecified atom stereocenters. The van der Waals surface area contributed by atoms with Crippen LogP contribution in [0, 0.1) is 0 Å². The molecule has 1 fully saturated rings. The van der Waals surface area contributed by atoms with E-state index in [1.165, 1.54) is 18.4 Å². The van der Waals surface area contributed by atoms with Gasteiger partial charge in [-0.3, -0.25) is 4.90 Å². The highest BCUT2D eigenvalue weighted by Gasteiger charge is 2.17. The van der Waals surface area contributed by atoms with Gasteiger partial charge < -0.3 is 9.67 Å². The van der Waals surface area contributed by atoms with E-state index in [1.807, 2.05) is 12.1 Å². The summed E-state index contributed by atoms with van der Waals surface area (Å²) in [5.41, 5.74) is 2.74. The number of hydrogen-bond donors (Lipinski definition) is 1. The Morgan fingerprint density at radius 1 is 1.29 bits per heavy atom. The fourth-order valence-corrected chi connectivity index (χ4v) is 3.19. The maximum atomic E-state index is 11.2. The van der Waals surface area contributed by atoms with Crippen molar-refractivity contribution in [1.82, 2.24) is 9.47 Å². The number of aromatic nitrogens is 1. The maximum absolute atomic E-state index is 11.2. The standard InChI is InChI=1S/C17H22N2O2/c1-12(2)19-11-14(10-18-7-3-4-8-18)15-9-13(17(20)21)5-6-16(15)19/h5-6,9,11-12H,3-4,7-8,10H2,1-2H3,(H,20,21). The summed E-state index contributed by atoms with van der Waals surface area (Å²) in [4.78, 5) is 13.7. The first-order chi connectivity index (χ1) is 10.1. The molecular formula is C17H22N2O2. The Kier molecular flexibility index (Phi) is 3.72.